The summed E-state index contributed by atoms with van der Waals surface area (Å²) in [6.07, 6.45) is 2.92. The van der Waals surface area contributed by atoms with Crippen molar-refractivity contribution < 1.29 is 9.90 Å². The third kappa shape index (κ3) is 3.57. The minimum Gasteiger partial charge on any atom is -0.395 e. The number of nitrogens with one attached hydrogen (secondary N) is 1. The van der Waals surface area contributed by atoms with Gasteiger partial charge in [-0.15, -0.1) is 0 Å². The van der Waals surface area contributed by atoms with Gasteiger partial charge in [0.15, 0.2) is 0 Å². The van der Waals surface area contributed by atoms with Gasteiger partial charge in [0.05, 0.1) is 6.61 Å². The van der Waals surface area contributed by atoms with Crippen molar-refractivity contribution in [2.45, 2.75) is 25.3 Å². The van der Waals surface area contributed by atoms with E-state index in [0.717, 1.165) is 19.3 Å². The van der Waals surface area contributed by atoms with Gasteiger partial charge < -0.3 is 15.3 Å². The minimum atomic E-state index is -0.0580. The highest BCUT2D eigenvalue weighted by Crippen LogP contribution is 2.26. The van der Waals surface area contributed by atoms with E-state index in [1.807, 2.05) is 12.1 Å². The highest BCUT2D eigenvalue weighted by molar-refractivity contribution is 5.83. The van der Waals surface area contributed by atoms with Crippen molar-refractivity contribution in [1.29, 1.82) is 0 Å². The maximum Gasteiger partial charge on any atom is 0.317 e. The summed E-state index contributed by atoms with van der Waals surface area (Å²) >= 11 is 0. The Balaban J connectivity index is 1.54. The number of hydrogen-bond donors (Lipinski definition) is 2. The maximum atomic E-state index is 12.1. The fraction of sp³-hybridized carbons (Fsp3) is 0.389. The lowest BCUT2D eigenvalue weighted by Gasteiger charge is -2.21. The fourth-order valence-corrected chi connectivity index (χ4v) is 2.75. The number of aliphatic hydroxyl groups excluding tert-OH is 1. The number of amides is 2. The second-order valence-electron chi connectivity index (χ2n) is 5.81. The Morgan fingerprint density at radius 1 is 1.18 bits per heavy atom. The molecule has 0 spiro atoms. The number of carbonyl (C=O) groups is 1. The predicted octanol–water partition coefficient (Wildman–Crippen LogP) is 2.55. The van der Waals surface area contributed by atoms with E-state index in [1.54, 1.807) is 4.90 Å². The highest BCUT2D eigenvalue weighted by atomic mass is 16.3. The van der Waals surface area contributed by atoms with Crippen molar-refractivity contribution in [3.8, 4) is 0 Å². The summed E-state index contributed by atoms with van der Waals surface area (Å²) in [6.45, 7) is 1.06. The third-order valence-corrected chi connectivity index (χ3v) is 4.09. The molecule has 0 heterocycles. The number of urea groups is 1. The zero-order valence-electron chi connectivity index (χ0n) is 12.7. The number of hydrogen-bond acceptors (Lipinski definition) is 2. The molecule has 22 heavy (non-hydrogen) atoms. The summed E-state index contributed by atoms with van der Waals surface area (Å²) in [5.41, 5.74) is 1.22. The number of rotatable bonds is 6. The summed E-state index contributed by atoms with van der Waals surface area (Å²) in [7, 11) is 0. The molecule has 1 aliphatic carbocycles. The van der Waals surface area contributed by atoms with Crippen molar-refractivity contribution in [2.75, 3.05) is 19.7 Å². The van der Waals surface area contributed by atoms with E-state index in [0.29, 0.717) is 19.1 Å². The van der Waals surface area contributed by atoms with E-state index in [1.165, 1.54) is 16.3 Å². The van der Waals surface area contributed by atoms with Crippen LogP contribution in [0.2, 0.25) is 0 Å². The quantitative estimate of drug-likeness (QED) is 0.861. The van der Waals surface area contributed by atoms with E-state index in [9.17, 15) is 4.79 Å². The molecule has 4 heteroatoms. The van der Waals surface area contributed by atoms with Gasteiger partial charge in [-0.05, 0) is 35.6 Å². The fourth-order valence-electron chi connectivity index (χ4n) is 2.75. The largest absolute Gasteiger partial charge is 0.395 e. The third-order valence-electron chi connectivity index (χ3n) is 4.09. The number of aliphatic hydroxyl groups is 1. The van der Waals surface area contributed by atoms with Gasteiger partial charge in [-0.1, -0.05) is 42.5 Å². The highest BCUT2D eigenvalue weighted by Gasteiger charge is 2.31. The van der Waals surface area contributed by atoms with Gasteiger partial charge >= 0.3 is 6.03 Å². The Bertz CT molecular complexity index is 652. The first-order valence-electron chi connectivity index (χ1n) is 7.91. The maximum absolute atomic E-state index is 12.1. The first kappa shape index (κ1) is 14.9. The lowest BCUT2D eigenvalue weighted by molar-refractivity contribution is 0.174. The smallest absolute Gasteiger partial charge is 0.317 e. The van der Waals surface area contributed by atoms with E-state index >= 15 is 0 Å². The van der Waals surface area contributed by atoms with Crippen LogP contribution in [0.15, 0.2) is 42.5 Å². The normalized spacial score (nSPS) is 14.0. The number of carbonyl (C=O) groups excluding carboxylic acids is 1. The van der Waals surface area contributed by atoms with Crippen LogP contribution < -0.4 is 5.32 Å². The van der Waals surface area contributed by atoms with Crippen LogP contribution in [-0.2, 0) is 6.42 Å². The van der Waals surface area contributed by atoms with Crippen LogP contribution in [-0.4, -0.2) is 41.8 Å². The van der Waals surface area contributed by atoms with Crippen LogP contribution >= 0.6 is 0 Å². The van der Waals surface area contributed by atoms with Gasteiger partial charge in [-0.25, -0.2) is 4.79 Å². The van der Waals surface area contributed by atoms with Crippen LogP contribution in [0.25, 0.3) is 10.8 Å². The van der Waals surface area contributed by atoms with E-state index in [-0.39, 0.29) is 12.6 Å². The summed E-state index contributed by atoms with van der Waals surface area (Å²) in [5.74, 6) is 0. The van der Waals surface area contributed by atoms with E-state index < -0.39 is 0 Å². The Morgan fingerprint density at radius 3 is 2.68 bits per heavy atom. The summed E-state index contributed by atoms with van der Waals surface area (Å²) in [4.78, 5) is 13.9. The Labute approximate surface area is 130 Å². The average molecular weight is 298 g/mol. The van der Waals surface area contributed by atoms with Gasteiger partial charge in [0.25, 0.3) is 0 Å². The lowest BCUT2D eigenvalue weighted by Crippen LogP contribution is -2.43. The molecule has 1 saturated carbocycles. The summed E-state index contributed by atoms with van der Waals surface area (Å²) in [6, 6.07) is 15.0. The van der Waals surface area contributed by atoms with Crippen molar-refractivity contribution in [3.05, 3.63) is 48.0 Å². The van der Waals surface area contributed by atoms with Gasteiger partial charge in [0.1, 0.15) is 0 Å². The summed E-state index contributed by atoms with van der Waals surface area (Å²) in [5, 5.41) is 14.5. The van der Waals surface area contributed by atoms with Crippen LogP contribution in [0.4, 0.5) is 4.79 Å². The molecule has 2 aromatic rings. The molecule has 2 amide bonds. The molecular weight excluding hydrogens is 276 g/mol. The van der Waals surface area contributed by atoms with Crippen LogP contribution in [0, 0.1) is 0 Å². The zero-order valence-corrected chi connectivity index (χ0v) is 12.7. The molecule has 3 rings (SSSR count). The van der Waals surface area contributed by atoms with Crippen molar-refractivity contribution in [1.82, 2.24) is 10.2 Å². The molecule has 1 fully saturated rings. The molecule has 0 saturated heterocycles. The molecule has 1 aliphatic rings. The van der Waals surface area contributed by atoms with Crippen LogP contribution in [0.5, 0.6) is 0 Å². The van der Waals surface area contributed by atoms with Gasteiger partial charge in [0.2, 0.25) is 0 Å². The SMILES string of the molecule is O=C(NCCc1ccc2ccccc2c1)N(CCO)C1CC1. The second kappa shape index (κ2) is 6.79. The standard InChI is InChI=1S/C18H22N2O2/c21-12-11-20(17-7-8-17)18(22)19-10-9-14-5-6-15-3-1-2-4-16(15)13-14/h1-6,13,17,21H,7-12H2,(H,19,22). The minimum absolute atomic E-state index is 0.0224. The number of fused-ring (bicyclic) bond motifs is 1. The number of nitrogens with zero attached hydrogens (tertiary/aromatic N) is 1. The second-order valence-corrected chi connectivity index (χ2v) is 5.81. The van der Waals surface area contributed by atoms with Gasteiger partial charge in [-0.2, -0.15) is 0 Å². The van der Waals surface area contributed by atoms with Crippen molar-refractivity contribution in [2.24, 2.45) is 0 Å². The van der Waals surface area contributed by atoms with Crippen LogP contribution in [0.3, 0.4) is 0 Å². The van der Waals surface area contributed by atoms with Crippen LogP contribution in [0.1, 0.15) is 18.4 Å². The number of benzene rings is 2. The zero-order chi connectivity index (χ0) is 15.4. The molecule has 0 aliphatic heterocycles. The van der Waals surface area contributed by atoms with Gasteiger partial charge in [0, 0.05) is 19.1 Å². The molecule has 0 radical (unpaired) electrons. The Hall–Kier alpha value is -2.07. The average Bonchev–Trinajstić information content (AvgIpc) is 3.37. The molecule has 116 valence electrons. The first-order chi connectivity index (χ1) is 10.8. The molecule has 0 aromatic heterocycles. The molecule has 2 N–H and O–H groups in total. The Morgan fingerprint density at radius 2 is 1.95 bits per heavy atom. The van der Waals surface area contributed by atoms with Crippen molar-refractivity contribution >= 4 is 16.8 Å². The molecule has 2 aromatic carbocycles. The van der Waals surface area contributed by atoms with E-state index in [2.05, 4.69) is 35.6 Å². The molecule has 0 bridgehead atoms. The molecule has 0 atom stereocenters. The lowest BCUT2D eigenvalue weighted by atomic mass is 10.1. The molecule has 4 nitrogen and oxygen atoms in total. The Kier molecular flexibility index (Phi) is 4.59. The monoisotopic (exact) mass is 298 g/mol. The molecular formula is C18H22N2O2. The van der Waals surface area contributed by atoms with Crippen molar-refractivity contribution in [3.63, 3.8) is 0 Å². The van der Waals surface area contributed by atoms with E-state index in [4.69, 9.17) is 5.11 Å². The molecule has 0 unspecified atom stereocenters. The van der Waals surface area contributed by atoms with Gasteiger partial charge in [-0.3, -0.25) is 0 Å². The first-order valence-corrected chi connectivity index (χ1v) is 7.91. The topological polar surface area (TPSA) is 52.6 Å². The summed E-state index contributed by atoms with van der Waals surface area (Å²) < 4.78 is 0. The predicted molar refractivity (Wildman–Crippen MR) is 87.9 cm³/mol.